The van der Waals surface area contributed by atoms with E-state index in [9.17, 15) is 9.59 Å². The van der Waals surface area contributed by atoms with Crippen molar-refractivity contribution in [2.45, 2.75) is 25.8 Å². The number of aryl methyl sites for hydroxylation is 1. The van der Waals surface area contributed by atoms with Gasteiger partial charge in [-0.1, -0.05) is 34.1 Å². The largest absolute Gasteiger partial charge is 0.382 e. The molecular formula is C21H19BrN4O2. The summed E-state index contributed by atoms with van der Waals surface area (Å²) in [6, 6.07) is 12.8. The van der Waals surface area contributed by atoms with Crippen LogP contribution in [0.4, 0.5) is 5.82 Å². The summed E-state index contributed by atoms with van der Waals surface area (Å²) in [7, 11) is 0. The maximum atomic E-state index is 12.8. The van der Waals surface area contributed by atoms with Crippen molar-refractivity contribution in [1.29, 1.82) is 0 Å². The number of benzene rings is 2. The minimum absolute atomic E-state index is 0.103. The highest BCUT2D eigenvalue weighted by Crippen LogP contribution is 2.27. The smallest absolute Gasteiger partial charge is 0.251 e. The Balaban J connectivity index is 1.67. The Morgan fingerprint density at radius 3 is 2.68 bits per heavy atom. The van der Waals surface area contributed by atoms with Crippen molar-refractivity contribution >= 4 is 33.4 Å². The summed E-state index contributed by atoms with van der Waals surface area (Å²) in [6.45, 7) is 1.92. The first kappa shape index (κ1) is 18.4. The van der Waals surface area contributed by atoms with E-state index < -0.39 is 0 Å². The number of H-pyrrole nitrogens is 1. The molecule has 0 radical (unpaired) electrons. The second kappa shape index (κ2) is 7.24. The minimum Gasteiger partial charge on any atom is -0.382 e. The van der Waals surface area contributed by atoms with Gasteiger partial charge in [-0.2, -0.15) is 0 Å². The number of hydrogen-bond donors (Lipinski definition) is 3. The second-order valence-electron chi connectivity index (χ2n) is 6.96. The molecule has 7 heteroatoms. The normalized spacial score (nSPS) is 13.4. The van der Waals surface area contributed by atoms with E-state index >= 15 is 0 Å². The number of aromatic nitrogens is 2. The summed E-state index contributed by atoms with van der Waals surface area (Å²) >= 11 is 3.37. The van der Waals surface area contributed by atoms with Gasteiger partial charge in [-0.3, -0.25) is 9.59 Å². The highest BCUT2D eigenvalue weighted by molar-refractivity contribution is 9.10. The van der Waals surface area contributed by atoms with Crippen LogP contribution in [-0.4, -0.2) is 27.7 Å². The molecule has 1 aromatic heterocycles. The van der Waals surface area contributed by atoms with E-state index in [1.807, 2.05) is 19.1 Å². The predicted octanol–water partition coefficient (Wildman–Crippen LogP) is 3.85. The maximum absolute atomic E-state index is 12.8. The quantitative estimate of drug-likeness (QED) is 0.526. The van der Waals surface area contributed by atoms with E-state index in [2.05, 4.69) is 31.2 Å². The molecule has 0 spiro atoms. The number of amides is 1. The molecule has 1 heterocycles. The Labute approximate surface area is 170 Å². The molecule has 2 aromatic carbocycles. The third-order valence-electron chi connectivity index (χ3n) is 4.71. The first-order chi connectivity index (χ1) is 13.4. The molecule has 0 unspecified atom stereocenters. The molecule has 0 bridgehead atoms. The molecule has 1 saturated carbocycles. The molecule has 1 amide bonds. The number of nitrogens with one attached hydrogen (secondary N) is 2. The Hall–Kier alpha value is -2.93. The number of nitrogens with zero attached hydrogens (tertiary/aromatic N) is 1. The second-order valence-corrected chi connectivity index (χ2v) is 7.88. The molecule has 6 nitrogen and oxygen atoms in total. The third-order valence-corrected chi connectivity index (χ3v) is 5.21. The van der Waals surface area contributed by atoms with Crippen molar-refractivity contribution in [1.82, 2.24) is 15.3 Å². The van der Waals surface area contributed by atoms with Crippen molar-refractivity contribution in [2.24, 2.45) is 0 Å². The number of anilines is 1. The maximum Gasteiger partial charge on any atom is 0.251 e. The number of nitrogens with two attached hydrogens (primary N) is 1. The summed E-state index contributed by atoms with van der Waals surface area (Å²) in [5.41, 5.74) is 8.99. The molecule has 28 heavy (non-hydrogen) atoms. The Kier molecular flexibility index (Phi) is 4.77. The molecular weight excluding hydrogens is 420 g/mol. The lowest BCUT2D eigenvalue weighted by Gasteiger charge is -2.07. The number of carbonyl (C=O) groups is 2. The Morgan fingerprint density at radius 2 is 1.96 bits per heavy atom. The fourth-order valence-electron chi connectivity index (χ4n) is 2.98. The van der Waals surface area contributed by atoms with Gasteiger partial charge in [-0.25, -0.2) is 4.98 Å². The monoisotopic (exact) mass is 438 g/mol. The Bertz CT molecular complexity index is 1090. The van der Waals surface area contributed by atoms with E-state index in [4.69, 9.17) is 5.73 Å². The van der Waals surface area contributed by atoms with Crippen LogP contribution in [-0.2, 0) is 0 Å². The molecule has 1 fully saturated rings. The first-order valence-electron chi connectivity index (χ1n) is 9.00. The highest BCUT2D eigenvalue weighted by Gasteiger charge is 2.24. The predicted molar refractivity (Wildman–Crippen MR) is 111 cm³/mol. The fraction of sp³-hybridized carbons (Fsp3) is 0.190. The van der Waals surface area contributed by atoms with Gasteiger partial charge in [0.25, 0.3) is 5.91 Å². The lowest BCUT2D eigenvalue weighted by Crippen LogP contribution is -2.25. The summed E-state index contributed by atoms with van der Waals surface area (Å²) in [5, 5.41) is 2.98. The lowest BCUT2D eigenvalue weighted by atomic mass is 10.0. The van der Waals surface area contributed by atoms with Crippen LogP contribution < -0.4 is 11.1 Å². The summed E-state index contributed by atoms with van der Waals surface area (Å²) < 4.78 is 0.807. The van der Waals surface area contributed by atoms with Gasteiger partial charge in [0.1, 0.15) is 11.5 Å². The third kappa shape index (κ3) is 3.71. The van der Waals surface area contributed by atoms with Crippen LogP contribution in [0, 0.1) is 6.92 Å². The molecule has 4 rings (SSSR count). The molecule has 4 N–H and O–H groups in total. The summed E-state index contributed by atoms with van der Waals surface area (Å²) in [4.78, 5) is 32.6. The molecule has 3 aromatic rings. The highest BCUT2D eigenvalue weighted by atomic mass is 79.9. The van der Waals surface area contributed by atoms with Crippen LogP contribution in [0.15, 0.2) is 46.9 Å². The van der Waals surface area contributed by atoms with Gasteiger partial charge in [-0.05, 0) is 49.6 Å². The number of rotatable bonds is 5. The molecule has 142 valence electrons. The van der Waals surface area contributed by atoms with Crippen molar-refractivity contribution in [3.63, 3.8) is 0 Å². The molecule has 0 atom stereocenters. The minimum atomic E-state index is -0.238. The van der Waals surface area contributed by atoms with Gasteiger partial charge < -0.3 is 16.0 Å². The van der Waals surface area contributed by atoms with Crippen molar-refractivity contribution < 1.29 is 9.59 Å². The lowest BCUT2D eigenvalue weighted by molar-refractivity contribution is 0.0950. The van der Waals surface area contributed by atoms with Crippen LogP contribution in [0.25, 0.3) is 11.4 Å². The first-order valence-corrected chi connectivity index (χ1v) is 9.79. The molecule has 0 aliphatic heterocycles. The van der Waals surface area contributed by atoms with Crippen LogP contribution in [0.1, 0.15) is 44.8 Å². The number of halogens is 1. The SMILES string of the molecule is Cc1ccc(C(=O)NC2CC2)cc1-c1nc(N)c(C(=O)c2cccc(Br)c2)[nH]1. The van der Waals surface area contributed by atoms with Gasteiger partial charge in [0.05, 0.1) is 0 Å². The number of imidazole rings is 1. The van der Waals surface area contributed by atoms with Gasteiger partial charge >= 0.3 is 0 Å². The van der Waals surface area contributed by atoms with E-state index in [1.54, 1.807) is 30.3 Å². The number of carbonyl (C=O) groups excluding carboxylic acids is 2. The average molecular weight is 439 g/mol. The number of hydrogen-bond acceptors (Lipinski definition) is 4. The zero-order valence-electron chi connectivity index (χ0n) is 15.3. The summed E-state index contributed by atoms with van der Waals surface area (Å²) in [6.07, 6.45) is 2.06. The molecule has 1 aliphatic carbocycles. The van der Waals surface area contributed by atoms with Crippen molar-refractivity contribution in [2.75, 3.05) is 5.73 Å². The van der Waals surface area contributed by atoms with Gasteiger partial charge in [0.15, 0.2) is 5.82 Å². The van der Waals surface area contributed by atoms with Crippen molar-refractivity contribution in [3.8, 4) is 11.4 Å². The van der Waals surface area contributed by atoms with Crippen LogP contribution in [0.3, 0.4) is 0 Å². The molecule has 1 aliphatic rings. The standard InChI is InChI=1S/C21H19BrN4O2/c1-11-5-6-13(21(28)24-15-7-8-15)10-16(11)20-25-17(19(23)26-20)18(27)12-3-2-4-14(22)9-12/h2-6,9-10,15H,7-8,23H2,1H3,(H,24,28)(H,25,26). The van der Waals surface area contributed by atoms with E-state index in [-0.39, 0.29) is 29.2 Å². The topological polar surface area (TPSA) is 101 Å². The van der Waals surface area contributed by atoms with E-state index in [0.29, 0.717) is 17.0 Å². The van der Waals surface area contributed by atoms with E-state index in [0.717, 1.165) is 28.4 Å². The van der Waals surface area contributed by atoms with Crippen LogP contribution in [0.5, 0.6) is 0 Å². The van der Waals surface area contributed by atoms with Gasteiger partial charge in [0.2, 0.25) is 5.78 Å². The number of ketones is 1. The summed E-state index contributed by atoms with van der Waals surface area (Å²) in [5.74, 6) is 0.258. The zero-order chi connectivity index (χ0) is 19.8. The number of nitrogen functional groups attached to an aromatic ring is 1. The average Bonchev–Trinajstić information content (AvgIpc) is 3.40. The zero-order valence-corrected chi connectivity index (χ0v) is 16.8. The molecule has 0 saturated heterocycles. The van der Waals surface area contributed by atoms with Gasteiger partial charge in [-0.15, -0.1) is 0 Å². The van der Waals surface area contributed by atoms with Crippen molar-refractivity contribution in [3.05, 3.63) is 69.3 Å². The van der Waals surface area contributed by atoms with Crippen LogP contribution >= 0.6 is 15.9 Å². The van der Waals surface area contributed by atoms with Gasteiger partial charge in [0, 0.05) is 27.2 Å². The Morgan fingerprint density at radius 1 is 1.18 bits per heavy atom. The van der Waals surface area contributed by atoms with E-state index in [1.165, 1.54) is 0 Å². The van der Waals surface area contributed by atoms with Crippen LogP contribution in [0.2, 0.25) is 0 Å². The number of aromatic amines is 1. The fourth-order valence-corrected chi connectivity index (χ4v) is 3.38.